The second-order valence-electron chi connectivity index (χ2n) is 9.85. The van der Waals surface area contributed by atoms with E-state index in [2.05, 4.69) is 36.7 Å². The van der Waals surface area contributed by atoms with Crippen LogP contribution in [-0.4, -0.2) is 82.4 Å². The average Bonchev–Trinajstić information content (AvgIpc) is 3.66. The smallest absolute Gasteiger partial charge is 0.281 e. The van der Waals surface area contributed by atoms with Crippen LogP contribution in [0.1, 0.15) is 25.5 Å². The number of aromatic nitrogens is 4. The molecule has 12 heteroatoms. The number of aromatic amines is 1. The van der Waals surface area contributed by atoms with E-state index in [1.165, 1.54) is 12.1 Å². The Hall–Kier alpha value is -4.29. The fraction of sp³-hybridized carbons (Fsp3) is 0.357. The van der Waals surface area contributed by atoms with Crippen molar-refractivity contribution >= 4 is 24.4 Å². The first kappa shape index (κ1) is 27.3. The van der Waals surface area contributed by atoms with Gasteiger partial charge >= 0.3 is 0 Å². The average molecular weight is 548 g/mol. The number of carbonyl (C=O) groups excluding carboxylic acids is 1. The summed E-state index contributed by atoms with van der Waals surface area (Å²) in [4.78, 5) is 33.8. The number of nitrogens with zero attached hydrogens (tertiary/aromatic N) is 5. The van der Waals surface area contributed by atoms with Crippen LogP contribution < -0.4 is 10.6 Å². The maximum absolute atomic E-state index is 13.7. The molecule has 11 nitrogen and oxygen atoms in total. The quantitative estimate of drug-likeness (QED) is 0.191. The van der Waals surface area contributed by atoms with E-state index < -0.39 is 11.7 Å². The predicted octanol–water partition coefficient (Wildman–Crippen LogP) is 2.95. The highest BCUT2D eigenvalue weighted by atomic mass is 19.1. The Morgan fingerprint density at radius 3 is 2.77 bits per heavy atom. The number of H-pyrrole nitrogens is 1. The first-order valence-corrected chi connectivity index (χ1v) is 13.1. The number of halogens is 1. The van der Waals surface area contributed by atoms with Gasteiger partial charge in [0.2, 0.25) is 18.1 Å². The van der Waals surface area contributed by atoms with Crippen LogP contribution in [0.15, 0.2) is 54.2 Å². The largest absolute Gasteiger partial charge is 0.354 e. The van der Waals surface area contributed by atoms with Gasteiger partial charge in [-0.25, -0.2) is 19.3 Å². The summed E-state index contributed by atoms with van der Waals surface area (Å²) in [6, 6.07) is 7.84. The number of anilines is 1. The fourth-order valence-electron chi connectivity index (χ4n) is 4.34. The highest BCUT2D eigenvalue weighted by Crippen LogP contribution is 2.35. The molecule has 0 saturated carbocycles. The molecule has 0 radical (unpaired) electrons. The maximum atomic E-state index is 13.7. The lowest BCUT2D eigenvalue weighted by molar-refractivity contribution is -0.504. The molecule has 1 saturated heterocycles. The lowest BCUT2D eigenvalue weighted by atomic mass is 9.91. The Morgan fingerprint density at radius 2 is 2.05 bits per heavy atom. The number of benzene rings is 1. The number of rotatable bonds is 11. The van der Waals surface area contributed by atoms with Crippen molar-refractivity contribution in [3.8, 4) is 22.6 Å². The van der Waals surface area contributed by atoms with Gasteiger partial charge in [-0.05, 0) is 37.3 Å². The summed E-state index contributed by atoms with van der Waals surface area (Å²) in [6.45, 7) is 8.46. The second-order valence-corrected chi connectivity index (χ2v) is 9.85. The number of hydrogen-bond acceptors (Lipinski definition) is 8. The summed E-state index contributed by atoms with van der Waals surface area (Å²) in [5.74, 6) is 0.374. The number of aliphatic imine (C=N–C) groups is 1. The minimum Gasteiger partial charge on any atom is -0.354 e. The molecule has 1 amide bonds. The van der Waals surface area contributed by atoms with Crippen LogP contribution in [0.25, 0.3) is 22.6 Å². The number of amides is 1. The van der Waals surface area contributed by atoms with Crippen LogP contribution in [-0.2, 0) is 14.3 Å². The molecule has 3 N–H and O–H groups in total. The van der Waals surface area contributed by atoms with Crippen molar-refractivity contribution in [3.05, 3.63) is 60.8 Å². The SMILES string of the molecule is C=CCNC(=O)C1(C)COC(c2nc(-c3ccc(F)cc3)c(-c3ccnc(NCCC[N+]4=CN=CC4)n3)[nH]2)OC1. The number of hydrogen-bond donors (Lipinski definition) is 3. The molecule has 0 atom stereocenters. The van der Waals surface area contributed by atoms with E-state index in [1.54, 1.807) is 37.4 Å². The van der Waals surface area contributed by atoms with E-state index in [0.29, 0.717) is 47.5 Å². The van der Waals surface area contributed by atoms with Gasteiger partial charge in [0.25, 0.3) is 6.34 Å². The van der Waals surface area contributed by atoms with Crippen LogP contribution in [0.4, 0.5) is 10.3 Å². The normalized spacial score (nSPS) is 20.2. The lowest BCUT2D eigenvalue weighted by Crippen LogP contribution is -2.48. The topological polar surface area (TPSA) is 129 Å². The minimum absolute atomic E-state index is 0.144. The molecule has 0 aliphatic carbocycles. The second kappa shape index (κ2) is 12.3. The van der Waals surface area contributed by atoms with Gasteiger partial charge in [-0.3, -0.25) is 9.37 Å². The molecule has 0 bridgehead atoms. The molecule has 0 spiro atoms. The molecule has 2 aliphatic rings. The van der Waals surface area contributed by atoms with Gasteiger partial charge in [0.15, 0.2) is 12.0 Å². The molecule has 1 fully saturated rings. The summed E-state index contributed by atoms with van der Waals surface area (Å²) in [5.41, 5.74) is 1.62. The Morgan fingerprint density at radius 1 is 1.25 bits per heavy atom. The standard InChI is InChI=1S/C28H31FN8O3/c1-3-10-31-26(38)28(2)16-39-25(40-17-28)24-35-22(19-5-7-20(29)8-6-19)23(36-24)21-9-12-33-27(34-21)32-11-4-14-37-15-13-30-18-37/h3,5-9,12-13,18,25H,1,4,10-11,14-17H2,2H3,(H2-,31,32,33,34,35,36,38)/p+1. The van der Waals surface area contributed by atoms with E-state index in [-0.39, 0.29) is 24.9 Å². The Labute approximate surface area is 231 Å². The third-order valence-electron chi connectivity index (χ3n) is 6.59. The predicted molar refractivity (Wildman–Crippen MR) is 149 cm³/mol. The third-order valence-corrected chi connectivity index (χ3v) is 6.59. The molecule has 0 unspecified atom stereocenters. The number of carbonyl (C=O) groups is 1. The monoisotopic (exact) mass is 547 g/mol. The van der Waals surface area contributed by atoms with Crippen LogP contribution in [0.2, 0.25) is 0 Å². The van der Waals surface area contributed by atoms with Crippen LogP contribution in [0.5, 0.6) is 0 Å². The number of ether oxygens (including phenoxy) is 2. The molecule has 2 aromatic heterocycles. The highest BCUT2D eigenvalue weighted by Gasteiger charge is 2.40. The van der Waals surface area contributed by atoms with E-state index in [1.807, 2.05) is 12.6 Å². The van der Waals surface area contributed by atoms with Crippen molar-refractivity contribution in [2.75, 3.05) is 44.7 Å². The van der Waals surface area contributed by atoms with Crippen molar-refractivity contribution in [1.82, 2.24) is 25.3 Å². The first-order chi connectivity index (χ1) is 19.4. The Bertz CT molecular complexity index is 1410. The summed E-state index contributed by atoms with van der Waals surface area (Å²) in [6.07, 6.45) is 7.07. The van der Waals surface area contributed by atoms with E-state index in [9.17, 15) is 9.18 Å². The molecule has 3 aromatic rings. The molecule has 208 valence electrons. The van der Waals surface area contributed by atoms with Gasteiger partial charge in [0.1, 0.15) is 12.4 Å². The van der Waals surface area contributed by atoms with Crippen LogP contribution in [0.3, 0.4) is 0 Å². The van der Waals surface area contributed by atoms with Gasteiger partial charge in [0.05, 0.1) is 42.3 Å². The summed E-state index contributed by atoms with van der Waals surface area (Å²) in [5, 5.41) is 6.06. The van der Waals surface area contributed by atoms with Crippen molar-refractivity contribution in [2.45, 2.75) is 19.6 Å². The molecule has 40 heavy (non-hydrogen) atoms. The Kier molecular flexibility index (Phi) is 8.37. The molecule has 4 heterocycles. The van der Waals surface area contributed by atoms with Gasteiger partial charge in [-0.15, -0.1) is 6.58 Å². The van der Waals surface area contributed by atoms with Gasteiger partial charge in [0, 0.05) is 31.3 Å². The Balaban J connectivity index is 1.34. The van der Waals surface area contributed by atoms with Crippen molar-refractivity contribution < 1.29 is 23.2 Å². The molecule has 2 aliphatic heterocycles. The zero-order valence-corrected chi connectivity index (χ0v) is 22.3. The van der Waals surface area contributed by atoms with E-state index >= 15 is 0 Å². The fourth-order valence-corrected chi connectivity index (χ4v) is 4.34. The zero-order valence-electron chi connectivity index (χ0n) is 22.3. The highest BCUT2D eigenvalue weighted by molar-refractivity contribution is 5.82. The van der Waals surface area contributed by atoms with Crippen molar-refractivity contribution in [2.24, 2.45) is 10.4 Å². The van der Waals surface area contributed by atoms with Crippen molar-refractivity contribution in [3.63, 3.8) is 0 Å². The number of imidazole rings is 1. The van der Waals surface area contributed by atoms with Crippen LogP contribution in [0, 0.1) is 11.2 Å². The van der Waals surface area contributed by atoms with Gasteiger partial charge in [-0.2, -0.15) is 0 Å². The minimum atomic E-state index is -0.845. The van der Waals surface area contributed by atoms with Gasteiger partial charge in [-0.1, -0.05) is 11.1 Å². The number of nitrogens with one attached hydrogen (secondary N) is 3. The van der Waals surface area contributed by atoms with E-state index in [0.717, 1.165) is 19.5 Å². The summed E-state index contributed by atoms with van der Waals surface area (Å²) >= 11 is 0. The first-order valence-electron chi connectivity index (χ1n) is 13.1. The third kappa shape index (κ3) is 6.29. The zero-order chi connectivity index (χ0) is 28.0. The lowest BCUT2D eigenvalue weighted by Gasteiger charge is -2.35. The summed E-state index contributed by atoms with van der Waals surface area (Å²) in [7, 11) is 0. The molecule has 1 aromatic carbocycles. The van der Waals surface area contributed by atoms with E-state index in [4.69, 9.17) is 19.4 Å². The maximum Gasteiger partial charge on any atom is 0.281 e. The summed E-state index contributed by atoms with van der Waals surface area (Å²) < 4.78 is 27.7. The van der Waals surface area contributed by atoms with Gasteiger partial charge < -0.3 is 25.1 Å². The van der Waals surface area contributed by atoms with Crippen molar-refractivity contribution in [1.29, 1.82) is 0 Å². The molecule has 5 rings (SSSR count). The molecular formula is C28H32FN8O3+. The van der Waals surface area contributed by atoms with Crippen LogP contribution >= 0.6 is 0 Å². The molecular weight excluding hydrogens is 515 g/mol.